The number of aromatic nitrogens is 1. The standard InChI is InChI=1S/C25H26N6/c26-22(17-10-12-18(13-11-17)25(28)14-4-1-5-15-25)31-21-9-6-16-29-24(21)30-20-8-3-2-7-19(20)23(31)27/h2-3,6-13,16,26-27H,1,4-5,14-15,28H2,(H,29,30). The maximum atomic E-state index is 8.99. The van der Waals surface area contributed by atoms with Crippen LogP contribution < -0.4 is 16.0 Å². The normalized spacial score (nSPS) is 17.2. The Morgan fingerprint density at radius 3 is 2.48 bits per heavy atom. The van der Waals surface area contributed by atoms with Crippen molar-refractivity contribution in [3.05, 3.63) is 83.6 Å². The maximum absolute atomic E-state index is 8.99. The summed E-state index contributed by atoms with van der Waals surface area (Å²) in [6.07, 6.45) is 7.29. The molecule has 2 aromatic carbocycles. The maximum Gasteiger partial charge on any atom is 0.154 e. The van der Waals surface area contributed by atoms with Crippen molar-refractivity contribution >= 4 is 28.9 Å². The molecule has 0 unspecified atom stereocenters. The van der Waals surface area contributed by atoms with Crippen LogP contribution in [-0.4, -0.2) is 16.7 Å². The second-order valence-electron chi connectivity index (χ2n) is 8.37. The number of nitrogens with zero attached hydrogens (tertiary/aromatic N) is 2. The lowest BCUT2D eigenvalue weighted by Crippen LogP contribution is -2.39. The van der Waals surface area contributed by atoms with Gasteiger partial charge in [0.25, 0.3) is 0 Å². The fourth-order valence-corrected chi connectivity index (χ4v) is 4.63. The summed E-state index contributed by atoms with van der Waals surface area (Å²) in [7, 11) is 0. The fourth-order valence-electron chi connectivity index (χ4n) is 4.63. The molecule has 0 radical (unpaired) electrons. The van der Waals surface area contributed by atoms with E-state index in [1.54, 1.807) is 11.1 Å². The number of pyridine rings is 1. The molecule has 156 valence electrons. The molecule has 1 saturated carbocycles. The molecule has 0 bridgehead atoms. The third-order valence-electron chi connectivity index (χ3n) is 6.39. The van der Waals surface area contributed by atoms with Crippen molar-refractivity contribution in [2.24, 2.45) is 5.73 Å². The number of nitrogens with two attached hydrogens (primary N) is 1. The Balaban J connectivity index is 1.53. The van der Waals surface area contributed by atoms with E-state index in [0.29, 0.717) is 11.5 Å². The minimum atomic E-state index is -0.270. The van der Waals surface area contributed by atoms with E-state index in [-0.39, 0.29) is 17.2 Å². The molecule has 3 aromatic rings. The number of hydrogen-bond acceptors (Lipinski definition) is 5. The Bertz CT molecular complexity index is 1140. The Kier molecular flexibility index (Phi) is 4.79. The zero-order valence-corrected chi connectivity index (χ0v) is 17.4. The molecule has 0 atom stereocenters. The first-order valence-corrected chi connectivity index (χ1v) is 10.8. The minimum Gasteiger partial charge on any atom is -0.338 e. The molecule has 1 aliphatic carbocycles. The first kappa shape index (κ1) is 19.5. The van der Waals surface area contributed by atoms with Gasteiger partial charge in [0.1, 0.15) is 11.7 Å². The minimum absolute atomic E-state index is 0.235. The molecule has 1 aromatic heterocycles. The van der Waals surface area contributed by atoms with Crippen molar-refractivity contribution in [2.75, 3.05) is 10.2 Å². The van der Waals surface area contributed by atoms with E-state index < -0.39 is 0 Å². The van der Waals surface area contributed by atoms with Gasteiger partial charge in [-0.1, -0.05) is 55.7 Å². The van der Waals surface area contributed by atoms with Gasteiger partial charge >= 0.3 is 0 Å². The van der Waals surface area contributed by atoms with Crippen molar-refractivity contribution < 1.29 is 0 Å². The summed E-state index contributed by atoms with van der Waals surface area (Å²) in [4.78, 5) is 6.11. The van der Waals surface area contributed by atoms with Gasteiger partial charge in [-0.2, -0.15) is 0 Å². The van der Waals surface area contributed by atoms with Crippen LogP contribution in [0.15, 0.2) is 66.9 Å². The van der Waals surface area contributed by atoms with Crippen molar-refractivity contribution in [2.45, 2.75) is 37.6 Å². The van der Waals surface area contributed by atoms with Gasteiger partial charge in [-0.05, 0) is 42.7 Å². The lowest BCUT2D eigenvalue weighted by Gasteiger charge is -2.34. The first-order chi connectivity index (χ1) is 15.1. The molecule has 0 amide bonds. The monoisotopic (exact) mass is 410 g/mol. The van der Waals surface area contributed by atoms with Crippen LogP contribution in [0.25, 0.3) is 0 Å². The van der Waals surface area contributed by atoms with E-state index in [4.69, 9.17) is 16.6 Å². The molecule has 6 nitrogen and oxygen atoms in total. The predicted molar refractivity (Wildman–Crippen MR) is 125 cm³/mol. The largest absolute Gasteiger partial charge is 0.338 e. The Hall–Kier alpha value is -3.51. The number of para-hydroxylation sites is 1. The fraction of sp³-hybridized carbons (Fsp3) is 0.240. The van der Waals surface area contributed by atoms with E-state index in [1.165, 1.54) is 6.42 Å². The number of benzene rings is 2. The number of fused-ring (bicyclic) bond motifs is 2. The third-order valence-corrected chi connectivity index (χ3v) is 6.39. The number of rotatable bonds is 2. The summed E-state index contributed by atoms with van der Waals surface area (Å²) < 4.78 is 0. The predicted octanol–water partition coefficient (Wildman–Crippen LogP) is 5.11. The summed E-state index contributed by atoms with van der Waals surface area (Å²) >= 11 is 0. The van der Waals surface area contributed by atoms with Crippen LogP contribution in [0.1, 0.15) is 48.8 Å². The second kappa shape index (κ2) is 7.63. The summed E-state index contributed by atoms with van der Waals surface area (Å²) in [5.74, 6) is 1.10. The van der Waals surface area contributed by atoms with Crippen molar-refractivity contribution in [3.8, 4) is 0 Å². The quantitative estimate of drug-likeness (QED) is 0.348. The number of anilines is 3. The van der Waals surface area contributed by atoms with Gasteiger partial charge in [-0.15, -0.1) is 0 Å². The molecule has 1 aliphatic heterocycles. The van der Waals surface area contributed by atoms with Gasteiger partial charge in [0, 0.05) is 22.9 Å². The van der Waals surface area contributed by atoms with Gasteiger partial charge in [-0.3, -0.25) is 15.7 Å². The molecule has 0 spiro atoms. The molecule has 5 N–H and O–H groups in total. The second-order valence-corrected chi connectivity index (χ2v) is 8.37. The van der Waals surface area contributed by atoms with Gasteiger partial charge in [0.2, 0.25) is 0 Å². The zero-order chi connectivity index (χ0) is 21.4. The summed E-state index contributed by atoms with van der Waals surface area (Å²) in [5, 5.41) is 21.2. The van der Waals surface area contributed by atoms with Crippen LogP contribution in [0.4, 0.5) is 17.2 Å². The van der Waals surface area contributed by atoms with Crippen LogP contribution in [0.3, 0.4) is 0 Å². The molecule has 2 aliphatic rings. The zero-order valence-electron chi connectivity index (χ0n) is 17.4. The van der Waals surface area contributed by atoms with E-state index in [0.717, 1.165) is 48.1 Å². The van der Waals surface area contributed by atoms with Crippen molar-refractivity contribution in [3.63, 3.8) is 0 Å². The summed E-state index contributed by atoms with van der Waals surface area (Å²) in [6.45, 7) is 0. The van der Waals surface area contributed by atoms with Crippen LogP contribution in [0.5, 0.6) is 0 Å². The average molecular weight is 411 g/mol. The number of nitrogens with one attached hydrogen (secondary N) is 3. The highest BCUT2D eigenvalue weighted by molar-refractivity contribution is 6.30. The SMILES string of the molecule is N=C(c1ccc(C2(N)CCCCC2)cc1)N1C(=N)c2ccccc2Nc2ncccc21. The molecular weight excluding hydrogens is 384 g/mol. The molecule has 2 heterocycles. The van der Waals surface area contributed by atoms with E-state index in [9.17, 15) is 0 Å². The smallest absolute Gasteiger partial charge is 0.154 e. The molecule has 31 heavy (non-hydrogen) atoms. The summed E-state index contributed by atoms with van der Waals surface area (Å²) in [6, 6.07) is 19.4. The number of hydrogen-bond donors (Lipinski definition) is 4. The van der Waals surface area contributed by atoms with E-state index in [1.807, 2.05) is 60.7 Å². The first-order valence-electron chi connectivity index (χ1n) is 10.8. The van der Waals surface area contributed by atoms with Crippen LogP contribution >= 0.6 is 0 Å². The lowest BCUT2D eigenvalue weighted by atomic mass is 9.77. The van der Waals surface area contributed by atoms with Crippen LogP contribution in [0, 0.1) is 10.8 Å². The molecule has 0 saturated heterocycles. The van der Waals surface area contributed by atoms with Gasteiger partial charge in [0.15, 0.2) is 5.82 Å². The molecular formula is C25H26N6. The highest BCUT2D eigenvalue weighted by Gasteiger charge is 2.31. The van der Waals surface area contributed by atoms with Gasteiger partial charge in [0.05, 0.1) is 11.4 Å². The molecule has 6 heteroatoms. The van der Waals surface area contributed by atoms with Crippen molar-refractivity contribution in [1.29, 1.82) is 10.8 Å². The molecule has 5 rings (SSSR count). The highest BCUT2D eigenvalue weighted by Crippen LogP contribution is 2.36. The Labute approximate surface area is 182 Å². The van der Waals surface area contributed by atoms with Crippen LogP contribution in [-0.2, 0) is 5.54 Å². The third kappa shape index (κ3) is 3.39. The highest BCUT2D eigenvalue weighted by atomic mass is 15.2. The topological polar surface area (TPSA) is 102 Å². The van der Waals surface area contributed by atoms with E-state index in [2.05, 4.69) is 10.3 Å². The van der Waals surface area contributed by atoms with Gasteiger partial charge < -0.3 is 11.1 Å². The van der Waals surface area contributed by atoms with Gasteiger partial charge in [-0.25, -0.2) is 4.98 Å². The lowest BCUT2D eigenvalue weighted by molar-refractivity contribution is 0.302. The van der Waals surface area contributed by atoms with E-state index >= 15 is 0 Å². The van der Waals surface area contributed by atoms with Crippen molar-refractivity contribution in [1.82, 2.24) is 4.98 Å². The Morgan fingerprint density at radius 1 is 0.968 bits per heavy atom. The van der Waals surface area contributed by atoms with Crippen LogP contribution in [0.2, 0.25) is 0 Å². The molecule has 1 fully saturated rings. The Morgan fingerprint density at radius 2 is 1.71 bits per heavy atom. The summed E-state index contributed by atoms with van der Waals surface area (Å²) in [5.41, 5.74) is 10.5. The number of amidine groups is 2. The average Bonchev–Trinajstić information content (AvgIpc) is 2.93.